The summed E-state index contributed by atoms with van der Waals surface area (Å²) < 4.78 is 5.12. The normalized spacial score (nSPS) is 10.2. The second-order valence-corrected chi connectivity index (χ2v) is 4.15. The molecule has 0 unspecified atom stereocenters. The minimum atomic E-state index is -0.556. The van der Waals surface area contributed by atoms with Crippen LogP contribution in [-0.4, -0.2) is 5.97 Å². The Morgan fingerprint density at radius 3 is 2.47 bits per heavy atom. The highest BCUT2D eigenvalue weighted by atomic mass is 35.5. The van der Waals surface area contributed by atoms with Crippen molar-refractivity contribution in [3.63, 3.8) is 0 Å². The van der Waals surface area contributed by atoms with Crippen LogP contribution in [0.15, 0.2) is 43.0 Å². The molecule has 0 spiro atoms. The largest absolute Gasteiger partial charge is 0.421 e. The fourth-order valence-corrected chi connectivity index (χ4v) is 2.10. The van der Waals surface area contributed by atoms with Gasteiger partial charge in [0.2, 0.25) is 0 Å². The number of hydrogen-bond donors (Lipinski definition) is 0. The second kappa shape index (κ2) is 4.78. The van der Waals surface area contributed by atoms with Crippen LogP contribution in [0.4, 0.5) is 0 Å². The van der Waals surface area contributed by atoms with E-state index in [9.17, 15) is 4.79 Å². The molecule has 0 heterocycles. The molecule has 2 nitrogen and oxygen atoms in total. The van der Waals surface area contributed by atoms with E-state index in [0.717, 1.165) is 11.5 Å². The van der Waals surface area contributed by atoms with E-state index in [2.05, 4.69) is 6.58 Å². The van der Waals surface area contributed by atoms with Gasteiger partial charge in [0.1, 0.15) is 0 Å². The molecule has 0 saturated carbocycles. The van der Waals surface area contributed by atoms with Crippen molar-refractivity contribution >= 4 is 39.9 Å². The summed E-state index contributed by atoms with van der Waals surface area (Å²) in [5.41, 5.74) is 0. The van der Waals surface area contributed by atoms with E-state index >= 15 is 0 Å². The van der Waals surface area contributed by atoms with E-state index < -0.39 is 5.97 Å². The maximum absolute atomic E-state index is 11.2. The molecule has 0 aliphatic heterocycles. The summed E-state index contributed by atoms with van der Waals surface area (Å²) in [5, 5.41) is 2.29. The van der Waals surface area contributed by atoms with Crippen molar-refractivity contribution in [1.29, 1.82) is 0 Å². The molecule has 86 valence electrons. The van der Waals surface area contributed by atoms with Gasteiger partial charge in [0.25, 0.3) is 0 Å². The lowest BCUT2D eigenvalue weighted by Crippen LogP contribution is -2.04. The van der Waals surface area contributed by atoms with Gasteiger partial charge < -0.3 is 4.74 Å². The Kier molecular flexibility index (Phi) is 3.36. The molecule has 0 fully saturated rings. The number of fused-ring (bicyclic) bond motifs is 1. The third kappa shape index (κ3) is 2.28. The van der Waals surface area contributed by atoms with Crippen LogP contribution in [0, 0.1) is 0 Å². The van der Waals surface area contributed by atoms with Gasteiger partial charge in [-0.1, -0.05) is 54.0 Å². The standard InChI is InChI=1S/C13H8Cl2O2/c1-2-12(16)17-13-9-6-4-3-5-8(9)10(14)7-11(13)15/h2-7H,1H2. The molecule has 0 aliphatic carbocycles. The Morgan fingerprint density at radius 2 is 1.82 bits per heavy atom. The summed E-state index contributed by atoms with van der Waals surface area (Å²) in [6, 6.07) is 8.84. The Morgan fingerprint density at radius 1 is 1.18 bits per heavy atom. The molecule has 0 aromatic heterocycles. The lowest BCUT2D eigenvalue weighted by atomic mass is 10.1. The molecule has 0 N–H and O–H groups in total. The van der Waals surface area contributed by atoms with E-state index in [1.165, 1.54) is 0 Å². The molecule has 2 aromatic rings. The molecular formula is C13H8Cl2O2. The number of benzene rings is 2. The van der Waals surface area contributed by atoms with Crippen molar-refractivity contribution in [2.24, 2.45) is 0 Å². The number of carbonyl (C=O) groups excluding carboxylic acids is 1. The summed E-state index contributed by atoms with van der Waals surface area (Å²) in [6.45, 7) is 3.34. The number of ether oxygens (including phenoxy) is 1. The van der Waals surface area contributed by atoms with Gasteiger partial charge in [0.15, 0.2) is 5.75 Å². The fourth-order valence-electron chi connectivity index (χ4n) is 1.52. The summed E-state index contributed by atoms with van der Waals surface area (Å²) in [6.07, 6.45) is 1.08. The van der Waals surface area contributed by atoms with Gasteiger partial charge >= 0.3 is 5.97 Å². The minimum Gasteiger partial charge on any atom is -0.421 e. The molecule has 17 heavy (non-hydrogen) atoms. The first-order valence-electron chi connectivity index (χ1n) is 4.84. The zero-order valence-corrected chi connectivity index (χ0v) is 10.3. The van der Waals surface area contributed by atoms with E-state index in [0.29, 0.717) is 21.2 Å². The summed E-state index contributed by atoms with van der Waals surface area (Å²) in [4.78, 5) is 11.2. The van der Waals surface area contributed by atoms with Crippen LogP contribution in [-0.2, 0) is 4.79 Å². The van der Waals surface area contributed by atoms with Gasteiger partial charge in [0, 0.05) is 16.8 Å². The lowest BCUT2D eigenvalue weighted by Gasteiger charge is -2.09. The van der Waals surface area contributed by atoms with Crippen molar-refractivity contribution in [1.82, 2.24) is 0 Å². The summed E-state index contributed by atoms with van der Waals surface area (Å²) in [7, 11) is 0. The van der Waals surface area contributed by atoms with Gasteiger partial charge in [-0.3, -0.25) is 0 Å². The van der Waals surface area contributed by atoms with Crippen LogP contribution >= 0.6 is 23.2 Å². The van der Waals surface area contributed by atoms with E-state index in [4.69, 9.17) is 27.9 Å². The Balaban J connectivity index is 2.69. The molecule has 0 saturated heterocycles. The highest BCUT2D eigenvalue weighted by molar-refractivity contribution is 6.40. The molecular weight excluding hydrogens is 259 g/mol. The predicted molar refractivity (Wildman–Crippen MR) is 69.8 cm³/mol. The molecule has 0 bridgehead atoms. The quantitative estimate of drug-likeness (QED) is 0.462. The molecule has 0 amide bonds. The molecule has 0 aliphatic rings. The molecule has 0 atom stereocenters. The van der Waals surface area contributed by atoms with Gasteiger partial charge in [0.05, 0.1) is 10.0 Å². The first-order chi connectivity index (χ1) is 8.13. The topological polar surface area (TPSA) is 26.3 Å². The summed E-state index contributed by atoms with van der Waals surface area (Å²) in [5.74, 6) is -0.254. The van der Waals surface area contributed by atoms with E-state index in [1.807, 2.05) is 18.2 Å². The maximum Gasteiger partial charge on any atom is 0.335 e. The second-order valence-electron chi connectivity index (χ2n) is 3.34. The van der Waals surface area contributed by atoms with Crippen LogP contribution in [0.5, 0.6) is 5.75 Å². The van der Waals surface area contributed by atoms with Gasteiger partial charge in [-0.15, -0.1) is 0 Å². The Bertz CT molecular complexity index is 606. The first kappa shape index (κ1) is 12.0. The number of halogens is 2. The van der Waals surface area contributed by atoms with Crippen molar-refractivity contribution in [2.75, 3.05) is 0 Å². The highest BCUT2D eigenvalue weighted by Gasteiger charge is 2.12. The summed E-state index contributed by atoms with van der Waals surface area (Å²) >= 11 is 12.1. The minimum absolute atomic E-state index is 0.295. The van der Waals surface area contributed by atoms with Crippen LogP contribution < -0.4 is 4.74 Å². The third-order valence-electron chi connectivity index (χ3n) is 2.27. The van der Waals surface area contributed by atoms with Crippen molar-refractivity contribution in [3.8, 4) is 5.75 Å². The predicted octanol–water partition coefficient (Wildman–Crippen LogP) is 4.24. The van der Waals surface area contributed by atoms with E-state index in [1.54, 1.807) is 12.1 Å². The number of esters is 1. The molecule has 2 aromatic carbocycles. The zero-order valence-electron chi connectivity index (χ0n) is 8.74. The van der Waals surface area contributed by atoms with Gasteiger partial charge in [-0.05, 0) is 6.07 Å². The monoisotopic (exact) mass is 266 g/mol. The Hall–Kier alpha value is -1.51. The molecule has 2 rings (SSSR count). The smallest absolute Gasteiger partial charge is 0.335 e. The van der Waals surface area contributed by atoms with Gasteiger partial charge in [-0.25, -0.2) is 4.79 Å². The van der Waals surface area contributed by atoms with Crippen LogP contribution in [0.3, 0.4) is 0 Å². The molecule has 0 radical (unpaired) electrons. The van der Waals surface area contributed by atoms with Crippen LogP contribution in [0.2, 0.25) is 10.0 Å². The SMILES string of the molecule is C=CC(=O)Oc1c(Cl)cc(Cl)c2ccccc12. The Labute approximate surface area is 108 Å². The van der Waals surface area contributed by atoms with Crippen LogP contribution in [0.25, 0.3) is 10.8 Å². The average molecular weight is 267 g/mol. The first-order valence-corrected chi connectivity index (χ1v) is 5.60. The maximum atomic E-state index is 11.2. The number of hydrogen-bond acceptors (Lipinski definition) is 2. The number of carbonyl (C=O) groups is 1. The zero-order chi connectivity index (χ0) is 12.4. The molecule has 4 heteroatoms. The third-order valence-corrected chi connectivity index (χ3v) is 2.86. The van der Waals surface area contributed by atoms with E-state index in [-0.39, 0.29) is 0 Å². The van der Waals surface area contributed by atoms with Crippen molar-refractivity contribution < 1.29 is 9.53 Å². The fraction of sp³-hybridized carbons (Fsp3) is 0. The van der Waals surface area contributed by atoms with Crippen molar-refractivity contribution in [2.45, 2.75) is 0 Å². The number of rotatable bonds is 2. The van der Waals surface area contributed by atoms with Crippen molar-refractivity contribution in [3.05, 3.63) is 53.0 Å². The lowest BCUT2D eigenvalue weighted by molar-refractivity contribution is -0.128. The average Bonchev–Trinajstić information content (AvgIpc) is 2.34. The van der Waals surface area contributed by atoms with Gasteiger partial charge in [-0.2, -0.15) is 0 Å². The highest BCUT2D eigenvalue weighted by Crippen LogP contribution is 2.38. The van der Waals surface area contributed by atoms with Crippen LogP contribution in [0.1, 0.15) is 0 Å².